The van der Waals surface area contributed by atoms with Gasteiger partial charge in [-0.05, 0) is 25.7 Å². The van der Waals surface area contributed by atoms with Gasteiger partial charge >= 0.3 is 6.03 Å². The average Bonchev–Trinajstić information content (AvgIpc) is 2.71. The average molecular weight is 227 g/mol. The molecule has 0 radical (unpaired) electrons. The summed E-state index contributed by atoms with van der Waals surface area (Å²) in [4.78, 5) is 13.6. The van der Waals surface area contributed by atoms with Crippen LogP contribution < -0.4 is 11.1 Å². The summed E-state index contributed by atoms with van der Waals surface area (Å²) in [5.41, 5.74) is 5.60. The Bertz CT molecular complexity index is 254. The van der Waals surface area contributed by atoms with Crippen LogP contribution in [0.3, 0.4) is 0 Å². The number of hydrogen-bond donors (Lipinski definition) is 2. The number of urea groups is 1. The molecule has 2 aliphatic heterocycles. The monoisotopic (exact) mass is 227 g/mol. The summed E-state index contributed by atoms with van der Waals surface area (Å²) in [7, 11) is 0. The van der Waals surface area contributed by atoms with Crippen molar-refractivity contribution in [1.29, 1.82) is 0 Å². The topological polar surface area (TPSA) is 67.6 Å². The van der Waals surface area contributed by atoms with Gasteiger partial charge in [0.1, 0.15) is 0 Å². The zero-order chi connectivity index (χ0) is 11.5. The molecule has 16 heavy (non-hydrogen) atoms. The molecule has 92 valence electrons. The van der Waals surface area contributed by atoms with E-state index in [1.165, 1.54) is 0 Å². The summed E-state index contributed by atoms with van der Waals surface area (Å²) >= 11 is 0. The zero-order valence-corrected chi connectivity index (χ0v) is 9.82. The van der Waals surface area contributed by atoms with E-state index in [1.54, 1.807) is 0 Å². The van der Waals surface area contributed by atoms with Crippen molar-refractivity contribution in [3.8, 4) is 0 Å². The van der Waals surface area contributed by atoms with Crippen molar-refractivity contribution < 1.29 is 9.53 Å². The SMILES string of the molecule is CC(CN)N1CC(C2CCOCC2)NC1=O. The minimum absolute atomic E-state index is 0.0365. The van der Waals surface area contributed by atoms with Crippen LogP contribution >= 0.6 is 0 Å². The van der Waals surface area contributed by atoms with Crippen molar-refractivity contribution in [3.63, 3.8) is 0 Å². The zero-order valence-electron chi connectivity index (χ0n) is 9.82. The highest BCUT2D eigenvalue weighted by Gasteiger charge is 2.36. The highest BCUT2D eigenvalue weighted by molar-refractivity contribution is 5.77. The summed E-state index contributed by atoms with van der Waals surface area (Å²) in [6.45, 7) is 4.95. The Labute approximate surface area is 96.3 Å². The van der Waals surface area contributed by atoms with Gasteiger partial charge in [0.2, 0.25) is 0 Å². The van der Waals surface area contributed by atoms with Gasteiger partial charge in [-0.3, -0.25) is 0 Å². The lowest BCUT2D eigenvalue weighted by atomic mass is 9.92. The van der Waals surface area contributed by atoms with E-state index in [-0.39, 0.29) is 18.1 Å². The molecule has 0 bridgehead atoms. The second-order valence-electron chi connectivity index (χ2n) is 4.74. The number of carbonyl (C=O) groups excluding carboxylic acids is 1. The van der Waals surface area contributed by atoms with E-state index < -0.39 is 0 Å². The molecule has 2 rings (SSSR count). The lowest BCUT2D eigenvalue weighted by Gasteiger charge is -2.27. The maximum atomic E-state index is 11.8. The molecule has 2 atom stereocenters. The normalized spacial score (nSPS) is 29.2. The molecule has 2 fully saturated rings. The number of rotatable bonds is 3. The van der Waals surface area contributed by atoms with E-state index in [0.29, 0.717) is 12.5 Å². The second kappa shape index (κ2) is 5.01. The van der Waals surface area contributed by atoms with Crippen LogP contribution in [0.25, 0.3) is 0 Å². The van der Waals surface area contributed by atoms with Crippen molar-refractivity contribution >= 4 is 6.03 Å². The van der Waals surface area contributed by atoms with Crippen LogP contribution in [-0.4, -0.2) is 49.3 Å². The lowest BCUT2D eigenvalue weighted by molar-refractivity contribution is 0.0562. The number of amides is 2. The third-order valence-corrected chi connectivity index (χ3v) is 3.67. The predicted molar refractivity (Wildman–Crippen MR) is 61.1 cm³/mol. The third kappa shape index (κ3) is 2.30. The van der Waals surface area contributed by atoms with Gasteiger partial charge in [0.05, 0.1) is 6.04 Å². The minimum atomic E-state index is 0.0365. The molecule has 0 aromatic carbocycles. The molecule has 5 nitrogen and oxygen atoms in total. The van der Waals surface area contributed by atoms with Crippen LogP contribution in [0, 0.1) is 5.92 Å². The van der Waals surface area contributed by atoms with Crippen LogP contribution in [-0.2, 0) is 4.74 Å². The Hall–Kier alpha value is -0.810. The van der Waals surface area contributed by atoms with Crippen molar-refractivity contribution in [1.82, 2.24) is 10.2 Å². The van der Waals surface area contributed by atoms with Gasteiger partial charge < -0.3 is 20.7 Å². The number of nitrogens with two attached hydrogens (primary N) is 1. The van der Waals surface area contributed by atoms with Gasteiger partial charge in [-0.1, -0.05) is 0 Å². The minimum Gasteiger partial charge on any atom is -0.381 e. The Balaban J connectivity index is 1.92. The van der Waals surface area contributed by atoms with Crippen LogP contribution in [0.2, 0.25) is 0 Å². The summed E-state index contributed by atoms with van der Waals surface area (Å²) in [5, 5.41) is 3.06. The van der Waals surface area contributed by atoms with Crippen LogP contribution in [0.4, 0.5) is 4.79 Å². The summed E-state index contributed by atoms with van der Waals surface area (Å²) in [6, 6.07) is 0.449. The van der Waals surface area contributed by atoms with E-state index in [9.17, 15) is 4.79 Å². The maximum Gasteiger partial charge on any atom is 0.318 e. The van der Waals surface area contributed by atoms with E-state index >= 15 is 0 Å². The van der Waals surface area contributed by atoms with Crippen LogP contribution in [0.1, 0.15) is 19.8 Å². The Morgan fingerprint density at radius 3 is 2.88 bits per heavy atom. The first-order chi connectivity index (χ1) is 7.72. The van der Waals surface area contributed by atoms with Crippen molar-refractivity contribution in [3.05, 3.63) is 0 Å². The quantitative estimate of drug-likeness (QED) is 0.721. The van der Waals surface area contributed by atoms with Gasteiger partial charge in [-0.15, -0.1) is 0 Å². The molecule has 2 saturated heterocycles. The van der Waals surface area contributed by atoms with Crippen molar-refractivity contribution in [2.45, 2.75) is 31.8 Å². The summed E-state index contributed by atoms with van der Waals surface area (Å²) in [6.07, 6.45) is 2.10. The number of carbonyl (C=O) groups is 1. The molecule has 0 saturated carbocycles. The molecule has 3 N–H and O–H groups in total. The van der Waals surface area contributed by atoms with E-state index in [2.05, 4.69) is 5.32 Å². The van der Waals surface area contributed by atoms with Crippen LogP contribution in [0.5, 0.6) is 0 Å². The van der Waals surface area contributed by atoms with Gasteiger partial charge in [0.15, 0.2) is 0 Å². The molecule has 2 amide bonds. The third-order valence-electron chi connectivity index (χ3n) is 3.67. The van der Waals surface area contributed by atoms with E-state index in [4.69, 9.17) is 10.5 Å². The number of hydrogen-bond acceptors (Lipinski definition) is 3. The molecule has 0 aromatic heterocycles. The fraction of sp³-hybridized carbons (Fsp3) is 0.909. The highest BCUT2D eigenvalue weighted by atomic mass is 16.5. The van der Waals surface area contributed by atoms with E-state index in [1.807, 2.05) is 11.8 Å². The van der Waals surface area contributed by atoms with E-state index in [0.717, 1.165) is 32.6 Å². The first kappa shape index (κ1) is 11.7. The molecular weight excluding hydrogens is 206 g/mol. The molecular formula is C11H21N3O2. The Morgan fingerprint density at radius 1 is 1.56 bits per heavy atom. The maximum absolute atomic E-state index is 11.8. The smallest absolute Gasteiger partial charge is 0.318 e. The van der Waals surface area contributed by atoms with Gasteiger partial charge in [0.25, 0.3) is 0 Å². The van der Waals surface area contributed by atoms with Crippen LogP contribution in [0.15, 0.2) is 0 Å². The number of nitrogens with one attached hydrogen (secondary N) is 1. The largest absolute Gasteiger partial charge is 0.381 e. The Kier molecular flexibility index (Phi) is 3.66. The molecule has 0 aliphatic carbocycles. The molecule has 5 heteroatoms. The summed E-state index contributed by atoms with van der Waals surface area (Å²) in [5.74, 6) is 0.563. The van der Waals surface area contributed by atoms with Crippen molar-refractivity contribution in [2.75, 3.05) is 26.3 Å². The number of ether oxygens (including phenoxy) is 1. The highest BCUT2D eigenvalue weighted by Crippen LogP contribution is 2.23. The molecule has 0 aromatic rings. The van der Waals surface area contributed by atoms with Gasteiger partial charge in [-0.25, -0.2) is 4.79 Å². The number of nitrogens with zero attached hydrogens (tertiary/aromatic N) is 1. The molecule has 2 unspecified atom stereocenters. The second-order valence-corrected chi connectivity index (χ2v) is 4.74. The summed E-state index contributed by atoms with van der Waals surface area (Å²) < 4.78 is 5.34. The van der Waals surface area contributed by atoms with Gasteiger partial charge in [-0.2, -0.15) is 0 Å². The first-order valence-corrected chi connectivity index (χ1v) is 6.07. The molecule has 2 aliphatic rings. The molecule has 2 heterocycles. The lowest BCUT2D eigenvalue weighted by Crippen LogP contribution is -2.40. The standard InChI is InChI=1S/C11H21N3O2/c1-8(6-12)14-7-10(13-11(14)15)9-2-4-16-5-3-9/h8-10H,2-7,12H2,1H3,(H,13,15). The van der Waals surface area contributed by atoms with Gasteiger partial charge in [0, 0.05) is 32.3 Å². The first-order valence-electron chi connectivity index (χ1n) is 6.07. The fourth-order valence-electron chi connectivity index (χ4n) is 2.47. The molecule has 0 spiro atoms. The Morgan fingerprint density at radius 2 is 2.25 bits per heavy atom. The van der Waals surface area contributed by atoms with Crippen molar-refractivity contribution in [2.24, 2.45) is 11.7 Å². The fourth-order valence-corrected chi connectivity index (χ4v) is 2.47. The predicted octanol–water partition coefficient (Wildman–Crippen LogP) is 0.154.